The zero-order chi connectivity index (χ0) is 23.8. The van der Waals surface area contributed by atoms with Crippen LogP contribution in [0.4, 0.5) is 5.69 Å². The van der Waals surface area contributed by atoms with Gasteiger partial charge >= 0.3 is 0 Å². The summed E-state index contributed by atoms with van der Waals surface area (Å²) < 4.78 is 5.24. The highest BCUT2D eigenvalue weighted by molar-refractivity contribution is 7.80. The van der Waals surface area contributed by atoms with E-state index in [1.165, 1.54) is 5.56 Å². The number of benzene rings is 2. The van der Waals surface area contributed by atoms with Crippen molar-refractivity contribution in [1.29, 1.82) is 0 Å². The van der Waals surface area contributed by atoms with Crippen LogP contribution in [0, 0.1) is 0 Å². The van der Waals surface area contributed by atoms with Gasteiger partial charge in [-0.15, -0.1) is 0 Å². The number of nitrogens with one attached hydrogen (secondary N) is 2. The highest BCUT2D eigenvalue weighted by Crippen LogP contribution is 2.18. The third kappa shape index (κ3) is 6.55. The van der Waals surface area contributed by atoms with Crippen LogP contribution in [0.5, 0.6) is 5.75 Å². The van der Waals surface area contributed by atoms with E-state index in [0.717, 1.165) is 54.9 Å². The highest BCUT2D eigenvalue weighted by Gasteiger charge is 2.15. The Hall–Kier alpha value is -2.90. The maximum atomic E-state index is 12.9. The van der Waals surface area contributed by atoms with Crippen molar-refractivity contribution in [3.05, 3.63) is 70.0 Å². The first kappa shape index (κ1) is 24.7. The van der Waals surface area contributed by atoms with Crippen LogP contribution in [0.15, 0.2) is 53.3 Å². The number of aromatic amines is 1. The quantitative estimate of drug-likeness (QED) is 0.425. The Balaban J connectivity index is 1.85. The van der Waals surface area contributed by atoms with Gasteiger partial charge in [0.1, 0.15) is 5.75 Å². The van der Waals surface area contributed by atoms with Crippen molar-refractivity contribution in [2.45, 2.75) is 33.7 Å². The fraction of sp³-hybridized carbons (Fsp3) is 0.385. The molecule has 1 aromatic heterocycles. The Morgan fingerprint density at radius 1 is 1.03 bits per heavy atom. The van der Waals surface area contributed by atoms with Gasteiger partial charge in [0.25, 0.3) is 5.56 Å². The number of rotatable bonds is 10. The summed E-state index contributed by atoms with van der Waals surface area (Å²) in [6, 6.07) is 15.8. The summed E-state index contributed by atoms with van der Waals surface area (Å²) in [5.41, 5.74) is 3.61. The van der Waals surface area contributed by atoms with E-state index in [-0.39, 0.29) is 5.56 Å². The van der Waals surface area contributed by atoms with E-state index in [1.54, 1.807) is 7.11 Å². The number of thiocarbonyl (C=S) groups is 1. The lowest BCUT2D eigenvalue weighted by atomic mass is 10.1. The second-order valence-corrected chi connectivity index (χ2v) is 8.39. The molecule has 0 radical (unpaired) electrons. The molecule has 0 amide bonds. The van der Waals surface area contributed by atoms with Crippen LogP contribution in [0.1, 0.15) is 31.9 Å². The average molecular weight is 467 g/mol. The molecule has 0 bridgehead atoms. The van der Waals surface area contributed by atoms with Crippen molar-refractivity contribution in [2.24, 2.45) is 0 Å². The highest BCUT2D eigenvalue weighted by atomic mass is 32.1. The first-order valence-corrected chi connectivity index (χ1v) is 11.9. The number of aromatic nitrogens is 1. The molecular formula is C26H34N4O2S. The minimum Gasteiger partial charge on any atom is -0.497 e. The molecule has 33 heavy (non-hydrogen) atoms. The molecule has 0 spiro atoms. The number of methoxy groups -OCH3 is 1. The Morgan fingerprint density at radius 3 is 2.39 bits per heavy atom. The Kier molecular flexibility index (Phi) is 8.86. The van der Waals surface area contributed by atoms with E-state index in [9.17, 15) is 4.79 Å². The molecule has 0 saturated heterocycles. The molecule has 0 atom stereocenters. The van der Waals surface area contributed by atoms with E-state index in [2.05, 4.69) is 53.0 Å². The molecule has 6 nitrogen and oxygen atoms in total. The van der Waals surface area contributed by atoms with Crippen molar-refractivity contribution in [1.82, 2.24) is 14.8 Å². The lowest BCUT2D eigenvalue weighted by Crippen LogP contribution is -2.41. The van der Waals surface area contributed by atoms with Crippen LogP contribution in [-0.2, 0) is 13.0 Å². The molecular weight excluding hydrogens is 432 g/mol. The average Bonchev–Trinajstić information content (AvgIpc) is 2.84. The molecule has 0 aliphatic carbocycles. The maximum absolute atomic E-state index is 12.9. The largest absolute Gasteiger partial charge is 0.497 e. The molecule has 7 heteroatoms. The van der Waals surface area contributed by atoms with Gasteiger partial charge in [-0.3, -0.25) is 4.79 Å². The summed E-state index contributed by atoms with van der Waals surface area (Å²) in [5, 5.41) is 4.95. The van der Waals surface area contributed by atoms with Crippen molar-refractivity contribution < 1.29 is 4.74 Å². The SMILES string of the molecule is CCc1ccc2[nH]c(=O)c(CN(CCN(CC)CC)C(=S)Nc3ccc(OC)cc3)cc2c1. The molecule has 3 aromatic rings. The number of ether oxygens (including phenoxy) is 1. The monoisotopic (exact) mass is 466 g/mol. The van der Waals surface area contributed by atoms with Crippen LogP contribution in [0.3, 0.4) is 0 Å². The molecule has 2 aromatic carbocycles. The molecule has 0 aliphatic rings. The molecule has 0 unspecified atom stereocenters. The van der Waals surface area contributed by atoms with Gasteiger partial charge < -0.3 is 24.8 Å². The Bertz CT molecular complexity index is 1120. The number of aryl methyl sites for hydroxylation is 1. The normalized spacial score (nSPS) is 11.1. The summed E-state index contributed by atoms with van der Waals surface area (Å²) in [6.07, 6.45) is 0.955. The van der Waals surface area contributed by atoms with E-state index < -0.39 is 0 Å². The molecule has 0 saturated carbocycles. The van der Waals surface area contributed by atoms with Gasteiger partial charge in [0.15, 0.2) is 5.11 Å². The summed E-state index contributed by atoms with van der Waals surface area (Å²) in [5.74, 6) is 0.791. The minimum atomic E-state index is -0.0770. The number of nitrogens with zero attached hydrogens (tertiary/aromatic N) is 2. The first-order chi connectivity index (χ1) is 16.0. The molecule has 3 rings (SSSR count). The summed E-state index contributed by atoms with van der Waals surface area (Å²) >= 11 is 5.77. The standard InChI is InChI=1S/C26H34N4O2S/c1-5-19-8-13-24-20(16-19)17-21(25(31)28-24)18-30(15-14-29(6-2)7-3)26(33)27-22-9-11-23(32-4)12-10-22/h8-13,16-17H,5-7,14-15,18H2,1-4H3,(H,27,33)(H,28,31). The number of hydrogen-bond acceptors (Lipinski definition) is 4. The van der Waals surface area contributed by atoms with E-state index in [0.29, 0.717) is 17.2 Å². The summed E-state index contributed by atoms with van der Waals surface area (Å²) in [6.45, 7) is 10.4. The molecule has 0 aliphatic heterocycles. The number of fused-ring (bicyclic) bond motifs is 1. The Labute approximate surface area is 201 Å². The predicted molar refractivity (Wildman–Crippen MR) is 141 cm³/mol. The first-order valence-electron chi connectivity index (χ1n) is 11.5. The van der Waals surface area contributed by atoms with Crippen LogP contribution in [0.25, 0.3) is 10.9 Å². The maximum Gasteiger partial charge on any atom is 0.253 e. The van der Waals surface area contributed by atoms with Crippen LogP contribution in [-0.4, -0.2) is 53.2 Å². The Morgan fingerprint density at radius 2 is 1.76 bits per heavy atom. The van der Waals surface area contributed by atoms with Gasteiger partial charge in [-0.05, 0) is 85.1 Å². The fourth-order valence-electron chi connectivity index (χ4n) is 3.78. The van der Waals surface area contributed by atoms with E-state index in [4.69, 9.17) is 17.0 Å². The van der Waals surface area contributed by atoms with Crippen molar-refractivity contribution >= 4 is 33.9 Å². The lowest BCUT2D eigenvalue weighted by molar-refractivity contribution is 0.266. The molecule has 176 valence electrons. The van der Waals surface area contributed by atoms with Crippen molar-refractivity contribution in [3.8, 4) is 5.75 Å². The van der Waals surface area contributed by atoms with Crippen LogP contribution >= 0.6 is 12.2 Å². The third-order valence-corrected chi connectivity index (χ3v) is 6.32. The zero-order valence-electron chi connectivity index (χ0n) is 20.0. The van der Waals surface area contributed by atoms with E-state index >= 15 is 0 Å². The van der Waals surface area contributed by atoms with Gasteiger partial charge in [-0.1, -0.05) is 26.8 Å². The number of pyridine rings is 1. The van der Waals surface area contributed by atoms with E-state index in [1.807, 2.05) is 36.4 Å². The molecule has 0 fully saturated rings. The van der Waals surface area contributed by atoms with Gasteiger partial charge in [0.2, 0.25) is 0 Å². The van der Waals surface area contributed by atoms with Gasteiger partial charge in [-0.25, -0.2) is 0 Å². The summed E-state index contributed by atoms with van der Waals surface area (Å²) in [7, 11) is 1.65. The minimum absolute atomic E-state index is 0.0770. The second-order valence-electron chi connectivity index (χ2n) is 8.01. The third-order valence-electron chi connectivity index (χ3n) is 5.96. The van der Waals surface area contributed by atoms with Crippen molar-refractivity contribution in [2.75, 3.05) is 38.6 Å². The predicted octanol–water partition coefficient (Wildman–Crippen LogP) is 4.64. The van der Waals surface area contributed by atoms with Gasteiger partial charge in [-0.2, -0.15) is 0 Å². The van der Waals surface area contributed by atoms with Gasteiger partial charge in [0, 0.05) is 29.9 Å². The fourth-order valence-corrected chi connectivity index (χ4v) is 4.05. The smallest absolute Gasteiger partial charge is 0.253 e. The topological polar surface area (TPSA) is 60.6 Å². The van der Waals surface area contributed by atoms with Crippen molar-refractivity contribution in [3.63, 3.8) is 0 Å². The number of anilines is 1. The summed E-state index contributed by atoms with van der Waals surface area (Å²) in [4.78, 5) is 20.3. The zero-order valence-corrected chi connectivity index (χ0v) is 20.8. The number of likely N-dealkylation sites (N-methyl/N-ethyl adjacent to an activating group) is 1. The molecule has 2 N–H and O–H groups in total. The van der Waals surface area contributed by atoms with Crippen LogP contribution in [0.2, 0.25) is 0 Å². The number of H-pyrrole nitrogens is 1. The molecule has 1 heterocycles. The van der Waals surface area contributed by atoms with Crippen LogP contribution < -0.4 is 15.6 Å². The van der Waals surface area contributed by atoms with Gasteiger partial charge in [0.05, 0.1) is 13.7 Å². The number of hydrogen-bond donors (Lipinski definition) is 2. The lowest BCUT2D eigenvalue weighted by Gasteiger charge is -2.29. The second kappa shape index (κ2) is 11.8.